The minimum Gasteiger partial charge on any atom is -0.310 e. The molecule has 0 amide bonds. The number of hydrogen-bond donors (Lipinski definition) is 0. The van der Waals surface area contributed by atoms with Gasteiger partial charge in [0.2, 0.25) is 0 Å². The van der Waals surface area contributed by atoms with Gasteiger partial charge in [-0.3, -0.25) is 0 Å². The van der Waals surface area contributed by atoms with Crippen LogP contribution in [0.25, 0.3) is 44.5 Å². The number of benzene rings is 9. The first kappa shape index (κ1) is 33.1. The summed E-state index contributed by atoms with van der Waals surface area (Å²) in [5.41, 5.74) is 20.9. The summed E-state index contributed by atoms with van der Waals surface area (Å²) in [4.78, 5) is 2.45. The van der Waals surface area contributed by atoms with Crippen LogP contribution in [0.1, 0.15) is 33.4 Å². The van der Waals surface area contributed by atoms with E-state index in [1.54, 1.807) is 0 Å². The van der Waals surface area contributed by atoms with Gasteiger partial charge in [-0.1, -0.05) is 188 Å². The fourth-order valence-electron chi connectivity index (χ4n) is 9.58. The molecule has 268 valence electrons. The van der Waals surface area contributed by atoms with Crippen LogP contribution in [-0.2, 0) is 11.8 Å². The summed E-state index contributed by atoms with van der Waals surface area (Å²) >= 11 is 0. The lowest BCUT2D eigenvalue weighted by atomic mass is 9.67. The second kappa shape index (κ2) is 13.5. The summed E-state index contributed by atoms with van der Waals surface area (Å²) in [5, 5.41) is 0. The molecule has 9 aromatic carbocycles. The van der Waals surface area contributed by atoms with Gasteiger partial charge in [0.15, 0.2) is 0 Å². The van der Waals surface area contributed by atoms with Crippen LogP contribution in [0.4, 0.5) is 17.1 Å². The molecule has 2 aliphatic carbocycles. The largest absolute Gasteiger partial charge is 0.310 e. The van der Waals surface area contributed by atoms with Crippen LogP contribution in [0, 0.1) is 0 Å². The molecule has 1 heteroatoms. The standard InChI is InChI=1S/C56H39N/c1-4-14-39(15-5-1)40-24-26-41(27-25-40)42-28-30-47(31-29-42)57(48-32-34-51-44(37-48)36-43-16-10-11-21-50(43)51)49-33-35-53-52-22-12-13-23-54(52)56(55(53)38-49,45-17-6-2-7-18-45)46-19-8-3-9-20-46/h1-35,37-38H,36H2. The average Bonchev–Trinajstić information content (AvgIpc) is 3.81. The predicted molar refractivity (Wildman–Crippen MR) is 238 cm³/mol. The summed E-state index contributed by atoms with van der Waals surface area (Å²) in [6.45, 7) is 0. The molecule has 0 N–H and O–H groups in total. The van der Waals surface area contributed by atoms with E-state index in [0.29, 0.717) is 0 Å². The van der Waals surface area contributed by atoms with Gasteiger partial charge in [-0.05, 0) is 121 Å². The SMILES string of the molecule is c1ccc(-c2ccc(-c3ccc(N(c4ccc5c(c4)Cc4ccccc4-5)c4ccc5c(c4)C(c4ccccc4)(c4ccccc4)c4ccccc4-5)cc3)cc2)cc1. The number of hydrogen-bond acceptors (Lipinski definition) is 1. The molecule has 0 radical (unpaired) electrons. The molecular weight excluding hydrogens is 687 g/mol. The van der Waals surface area contributed by atoms with Gasteiger partial charge in [-0.25, -0.2) is 0 Å². The van der Waals surface area contributed by atoms with E-state index in [2.05, 4.69) is 229 Å². The molecule has 0 aromatic heterocycles. The first-order valence-electron chi connectivity index (χ1n) is 19.9. The summed E-state index contributed by atoms with van der Waals surface area (Å²) < 4.78 is 0. The van der Waals surface area contributed by atoms with E-state index < -0.39 is 5.41 Å². The Labute approximate surface area is 334 Å². The van der Waals surface area contributed by atoms with Crippen molar-refractivity contribution in [3.05, 3.63) is 258 Å². The molecule has 0 fully saturated rings. The zero-order valence-electron chi connectivity index (χ0n) is 31.5. The second-order valence-electron chi connectivity index (χ2n) is 15.3. The highest BCUT2D eigenvalue weighted by Gasteiger charge is 2.46. The minimum absolute atomic E-state index is 0.481. The summed E-state index contributed by atoms with van der Waals surface area (Å²) in [5.74, 6) is 0. The lowest BCUT2D eigenvalue weighted by Gasteiger charge is -2.35. The third-order valence-electron chi connectivity index (χ3n) is 12.2. The van der Waals surface area contributed by atoms with Crippen LogP contribution in [0.15, 0.2) is 224 Å². The number of anilines is 3. The van der Waals surface area contributed by atoms with E-state index in [-0.39, 0.29) is 0 Å². The molecule has 0 bridgehead atoms. The fraction of sp³-hybridized carbons (Fsp3) is 0.0357. The Morgan fingerprint density at radius 2 is 0.737 bits per heavy atom. The highest BCUT2D eigenvalue weighted by atomic mass is 15.1. The van der Waals surface area contributed by atoms with Crippen molar-refractivity contribution in [2.24, 2.45) is 0 Å². The van der Waals surface area contributed by atoms with Gasteiger partial charge in [0, 0.05) is 17.1 Å². The topological polar surface area (TPSA) is 3.24 Å². The molecule has 9 aromatic rings. The Hall–Kier alpha value is -7.22. The zero-order valence-corrected chi connectivity index (χ0v) is 31.5. The van der Waals surface area contributed by atoms with Crippen molar-refractivity contribution in [3.8, 4) is 44.5 Å². The van der Waals surface area contributed by atoms with Gasteiger partial charge >= 0.3 is 0 Å². The number of rotatable bonds is 7. The van der Waals surface area contributed by atoms with Gasteiger partial charge in [-0.15, -0.1) is 0 Å². The molecule has 57 heavy (non-hydrogen) atoms. The molecule has 0 unspecified atom stereocenters. The van der Waals surface area contributed by atoms with Crippen LogP contribution >= 0.6 is 0 Å². The molecule has 0 heterocycles. The van der Waals surface area contributed by atoms with Crippen molar-refractivity contribution < 1.29 is 0 Å². The molecular formula is C56H39N. The van der Waals surface area contributed by atoms with Crippen molar-refractivity contribution in [2.45, 2.75) is 11.8 Å². The van der Waals surface area contributed by atoms with Gasteiger partial charge < -0.3 is 4.90 Å². The van der Waals surface area contributed by atoms with Gasteiger partial charge in [0.05, 0.1) is 5.41 Å². The van der Waals surface area contributed by atoms with E-state index in [0.717, 1.165) is 23.5 Å². The molecule has 11 rings (SSSR count). The smallest absolute Gasteiger partial charge is 0.0714 e. The molecule has 1 nitrogen and oxygen atoms in total. The Balaban J connectivity index is 1.08. The Kier molecular flexibility index (Phi) is 7.86. The zero-order chi connectivity index (χ0) is 37.8. The Morgan fingerprint density at radius 3 is 1.39 bits per heavy atom. The molecule has 0 spiro atoms. The quantitative estimate of drug-likeness (QED) is 0.158. The summed E-state index contributed by atoms with van der Waals surface area (Å²) in [6, 6.07) is 82.8. The average molecular weight is 726 g/mol. The maximum Gasteiger partial charge on any atom is 0.0714 e. The molecule has 0 aliphatic heterocycles. The van der Waals surface area contributed by atoms with Gasteiger partial charge in [0.1, 0.15) is 0 Å². The Bertz CT molecular complexity index is 2850. The van der Waals surface area contributed by atoms with Gasteiger partial charge in [-0.2, -0.15) is 0 Å². The van der Waals surface area contributed by atoms with Crippen molar-refractivity contribution >= 4 is 17.1 Å². The van der Waals surface area contributed by atoms with Crippen LogP contribution < -0.4 is 4.90 Å². The Morgan fingerprint density at radius 1 is 0.298 bits per heavy atom. The maximum absolute atomic E-state index is 2.47. The van der Waals surface area contributed by atoms with Crippen LogP contribution in [0.2, 0.25) is 0 Å². The van der Waals surface area contributed by atoms with E-state index >= 15 is 0 Å². The third-order valence-corrected chi connectivity index (χ3v) is 12.2. The summed E-state index contributed by atoms with van der Waals surface area (Å²) in [6.07, 6.45) is 0.940. The number of fused-ring (bicyclic) bond motifs is 6. The van der Waals surface area contributed by atoms with E-state index in [1.165, 1.54) is 77.9 Å². The van der Waals surface area contributed by atoms with E-state index in [9.17, 15) is 0 Å². The maximum atomic E-state index is 2.47. The van der Waals surface area contributed by atoms with Gasteiger partial charge in [0.25, 0.3) is 0 Å². The van der Waals surface area contributed by atoms with Crippen LogP contribution in [0.5, 0.6) is 0 Å². The molecule has 2 aliphatic rings. The molecule has 0 saturated carbocycles. The minimum atomic E-state index is -0.481. The highest BCUT2D eigenvalue weighted by molar-refractivity contribution is 5.90. The van der Waals surface area contributed by atoms with E-state index in [1.807, 2.05) is 0 Å². The van der Waals surface area contributed by atoms with Crippen molar-refractivity contribution in [3.63, 3.8) is 0 Å². The summed E-state index contributed by atoms with van der Waals surface area (Å²) in [7, 11) is 0. The van der Waals surface area contributed by atoms with E-state index in [4.69, 9.17) is 0 Å². The fourth-order valence-corrected chi connectivity index (χ4v) is 9.58. The van der Waals surface area contributed by atoms with Crippen LogP contribution in [0.3, 0.4) is 0 Å². The first-order chi connectivity index (χ1) is 28.3. The molecule has 0 saturated heterocycles. The number of nitrogens with zero attached hydrogens (tertiary/aromatic N) is 1. The normalized spacial score (nSPS) is 13.0. The van der Waals surface area contributed by atoms with Crippen molar-refractivity contribution in [1.29, 1.82) is 0 Å². The monoisotopic (exact) mass is 725 g/mol. The van der Waals surface area contributed by atoms with Crippen LogP contribution in [-0.4, -0.2) is 0 Å². The first-order valence-corrected chi connectivity index (χ1v) is 19.9. The lowest BCUT2D eigenvalue weighted by molar-refractivity contribution is 0.768. The third kappa shape index (κ3) is 5.39. The molecule has 0 atom stereocenters. The predicted octanol–water partition coefficient (Wildman–Crippen LogP) is 14.4. The van der Waals surface area contributed by atoms with Crippen molar-refractivity contribution in [1.82, 2.24) is 0 Å². The lowest BCUT2D eigenvalue weighted by Crippen LogP contribution is -2.28. The van der Waals surface area contributed by atoms with Crippen molar-refractivity contribution in [2.75, 3.05) is 4.90 Å². The highest BCUT2D eigenvalue weighted by Crippen LogP contribution is 2.57. The second-order valence-corrected chi connectivity index (χ2v) is 15.3.